The van der Waals surface area contributed by atoms with Gasteiger partial charge in [-0.05, 0) is 31.2 Å². The predicted octanol–water partition coefficient (Wildman–Crippen LogP) is 4.00. The van der Waals surface area contributed by atoms with Gasteiger partial charge in [-0.1, -0.05) is 30.0 Å². The molecule has 0 atom stereocenters. The number of hydrogen-bond donors (Lipinski definition) is 0. The summed E-state index contributed by atoms with van der Waals surface area (Å²) in [5.74, 6) is 1.20. The van der Waals surface area contributed by atoms with E-state index in [1.807, 2.05) is 25.1 Å². The molecule has 1 saturated heterocycles. The molecule has 6 heteroatoms. The van der Waals surface area contributed by atoms with Crippen molar-refractivity contribution in [2.24, 2.45) is 0 Å². The molecule has 1 aliphatic rings. The number of thioether (sulfide) groups is 1. The number of benzene rings is 1. The maximum atomic E-state index is 12.7. The van der Waals surface area contributed by atoms with E-state index in [0.717, 1.165) is 17.0 Å². The Morgan fingerprint density at radius 3 is 2.82 bits per heavy atom. The van der Waals surface area contributed by atoms with Crippen molar-refractivity contribution in [3.05, 3.63) is 52.8 Å². The van der Waals surface area contributed by atoms with Crippen LogP contribution in [0.3, 0.4) is 0 Å². The Balaban J connectivity index is 1.99. The summed E-state index contributed by atoms with van der Waals surface area (Å²) >= 11 is 6.63. The minimum absolute atomic E-state index is 0.150. The second-order valence-electron chi connectivity index (χ2n) is 4.64. The van der Waals surface area contributed by atoms with Gasteiger partial charge < -0.3 is 9.15 Å². The van der Waals surface area contributed by atoms with E-state index in [0.29, 0.717) is 15.0 Å². The predicted molar refractivity (Wildman–Crippen MR) is 92.1 cm³/mol. The molecule has 1 fully saturated rings. The molecule has 1 aliphatic heterocycles. The average molecular weight is 331 g/mol. The molecule has 3 rings (SSSR count). The number of methoxy groups -OCH3 is 1. The number of ether oxygens (including phenoxy) is 1. The van der Waals surface area contributed by atoms with Crippen molar-refractivity contribution >= 4 is 46.0 Å². The number of furan rings is 1. The smallest absolute Gasteiger partial charge is 0.270 e. The third-order valence-corrected chi connectivity index (χ3v) is 4.63. The van der Waals surface area contributed by atoms with Crippen LogP contribution in [0.25, 0.3) is 6.08 Å². The summed E-state index contributed by atoms with van der Waals surface area (Å²) in [4.78, 5) is 14.7. The number of anilines is 1. The number of carbonyl (C=O) groups excluding carboxylic acids is 1. The van der Waals surface area contributed by atoms with E-state index >= 15 is 0 Å². The third-order valence-electron chi connectivity index (χ3n) is 3.33. The Labute approximate surface area is 137 Å². The van der Waals surface area contributed by atoms with Gasteiger partial charge in [0.1, 0.15) is 11.5 Å². The zero-order valence-corrected chi connectivity index (χ0v) is 13.7. The molecule has 0 spiro atoms. The van der Waals surface area contributed by atoms with Gasteiger partial charge in [0.15, 0.2) is 4.32 Å². The zero-order chi connectivity index (χ0) is 15.7. The van der Waals surface area contributed by atoms with Gasteiger partial charge in [0.2, 0.25) is 0 Å². The highest BCUT2D eigenvalue weighted by atomic mass is 32.2. The first-order valence-electron chi connectivity index (χ1n) is 6.57. The summed E-state index contributed by atoms with van der Waals surface area (Å²) in [5.41, 5.74) is 1.62. The van der Waals surface area contributed by atoms with Crippen LogP contribution in [0.2, 0.25) is 0 Å². The van der Waals surface area contributed by atoms with E-state index < -0.39 is 0 Å². The number of carbonyl (C=O) groups is 1. The number of hydrogen-bond acceptors (Lipinski definition) is 5. The van der Waals surface area contributed by atoms with Crippen molar-refractivity contribution in [3.8, 4) is 5.75 Å². The molecule has 0 bridgehead atoms. The zero-order valence-electron chi connectivity index (χ0n) is 12.0. The number of nitrogens with zero attached hydrogens (tertiary/aromatic N) is 1. The SMILES string of the molecule is COc1cccc(N2C(=O)/C(=C/c3ccco3)SC2=S)c1C. The maximum absolute atomic E-state index is 12.7. The van der Waals surface area contributed by atoms with E-state index in [2.05, 4.69) is 0 Å². The van der Waals surface area contributed by atoms with Gasteiger partial charge in [0, 0.05) is 11.6 Å². The van der Waals surface area contributed by atoms with Crippen LogP contribution in [-0.2, 0) is 4.79 Å². The van der Waals surface area contributed by atoms with Crippen molar-refractivity contribution in [3.63, 3.8) is 0 Å². The molecule has 0 saturated carbocycles. The summed E-state index contributed by atoms with van der Waals surface area (Å²) in [5, 5.41) is 0. The Morgan fingerprint density at radius 2 is 2.14 bits per heavy atom. The molecule has 0 unspecified atom stereocenters. The summed E-state index contributed by atoms with van der Waals surface area (Å²) in [7, 11) is 1.60. The topological polar surface area (TPSA) is 42.7 Å². The second-order valence-corrected chi connectivity index (χ2v) is 6.31. The van der Waals surface area contributed by atoms with Crippen LogP contribution in [0.1, 0.15) is 11.3 Å². The molecule has 2 heterocycles. The molecule has 22 heavy (non-hydrogen) atoms. The molecule has 2 aromatic rings. The number of thiocarbonyl (C=S) groups is 1. The fourth-order valence-corrected chi connectivity index (χ4v) is 3.51. The molecule has 1 aromatic heterocycles. The van der Waals surface area contributed by atoms with Crippen molar-refractivity contribution in [2.75, 3.05) is 12.0 Å². The lowest BCUT2D eigenvalue weighted by Gasteiger charge is -2.18. The van der Waals surface area contributed by atoms with Gasteiger partial charge in [-0.2, -0.15) is 0 Å². The van der Waals surface area contributed by atoms with Crippen LogP contribution in [-0.4, -0.2) is 17.3 Å². The van der Waals surface area contributed by atoms with Crippen LogP contribution in [0.4, 0.5) is 5.69 Å². The Hall–Kier alpha value is -2.05. The van der Waals surface area contributed by atoms with E-state index in [4.69, 9.17) is 21.4 Å². The first-order chi connectivity index (χ1) is 10.6. The van der Waals surface area contributed by atoms with Crippen LogP contribution in [0.15, 0.2) is 45.9 Å². The molecular weight excluding hydrogens is 318 g/mol. The van der Waals surface area contributed by atoms with Gasteiger partial charge in [-0.3, -0.25) is 9.69 Å². The minimum atomic E-state index is -0.150. The monoisotopic (exact) mass is 331 g/mol. The summed E-state index contributed by atoms with van der Waals surface area (Å²) in [6.07, 6.45) is 3.27. The molecular formula is C16H13NO3S2. The van der Waals surface area contributed by atoms with Crippen LogP contribution < -0.4 is 9.64 Å². The molecule has 0 N–H and O–H groups in total. The molecule has 4 nitrogen and oxygen atoms in total. The van der Waals surface area contributed by atoms with E-state index in [1.54, 1.807) is 31.6 Å². The first-order valence-corrected chi connectivity index (χ1v) is 7.79. The Morgan fingerprint density at radius 1 is 1.32 bits per heavy atom. The lowest BCUT2D eigenvalue weighted by Crippen LogP contribution is -2.28. The number of rotatable bonds is 3. The normalized spacial score (nSPS) is 16.6. The fraction of sp³-hybridized carbons (Fsp3) is 0.125. The highest BCUT2D eigenvalue weighted by Gasteiger charge is 2.34. The van der Waals surface area contributed by atoms with Gasteiger partial charge in [0.05, 0.1) is 24.0 Å². The maximum Gasteiger partial charge on any atom is 0.270 e. The van der Waals surface area contributed by atoms with Gasteiger partial charge >= 0.3 is 0 Å². The van der Waals surface area contributed by atoms with Gasteiger partial charge in [-0.15, -0.1) is 0 Å². The summed E-state index contributed by atoms with van der Waals surface area (Å²) in [6.45, 7) is 1.91. The Kier molecular flexibility index (Phi) is 4.04. The fourth-order valence-electron chi connectivity index (χ4n) is 2.24. The summed E-state index contributed by atoms with van der Waals surface area (Å²) in [6, 6.07) is 9.13. The van der Waals surface area contributed by atoms with Crippen molar-refractivity contribution in [1.82, 2.24) is 0 Å². The largest absolute Gasteiger partial charge is 0.496 e. The molecule has 0 aliphatic carbocycles. The van der Waals surface area contributed by atoms with Crippen molar-refractivity contribution in [1.29, 1.82) is 0 Å². The standard InChI is InChI=1S/C16H13NO3S2/c1-10-12(6-3-7-13(10)19-2)17-15(18)14(22-16(17)21)9-11-5-4-8-20-11/h3-9H,1-2H3/b14-9-. The lowest BCUT2D eigenvalue weighted by atomic mass is 10.1. The highest BCUT2D eigenvalue weighted by Crippen LogP contribution is 2.39. The minimum Gasteiger partial charge on any atom is -0.496 e. The van der Waals surface area contributed by atoms with Crippen molar-refractivity contribution < 1.29 is 13.9 Å². The third kappa shape index (κ3) is 2.55. The summed E-state index contributed by atoms with van der Waals surface area (Å²) < 4.78 is 11.1. The van der Waals surface area contributed by atoms with E-state index in [9.17, 15) is 4.79 Å². The molecule has 1 amide bonds. The number of amides is 1. The lowest BCUT2D eigenvalue weighted by molar-refractivity contribution is -0.113. The first kappa shape index (κ1) is 14.9. The Bertz CT molecular complexity index is 766. The van der Waals surface area contributed by atoms with Crippen molar-refractivity contribution in [2.45, 2.75) is 6.92 Å². The van der Waals surface area contributed by atoms with Gasteiger partial charge in [0.25, 0.3) is 5.91 Å². The van der Waals surface area contributed by atoms with Crippen LogP contribution in [0.5, 0.6) is 5.75 Å². The van der Waals surface area contributed by atoms with E-state index in [-0.39, 0.29) is 5.91 Å². The van der Waals surface area contributed by atoms with Gasteiger partial charge in [-0.25, -0.2) is 0 Å². The molecule has 0 radical (unpaired) electrons. The van der Waals surface area contributed by atoms with Crippen LogP contribution >= 0.6 is 24.0 Å². The average Bonchev–Trinajstić information content (AvgIpc) is 3.10. The highest BCUT2D eigenvalue weighted by molar-refractivity contribution is 8.27. The van der Waals surface area contributed by atoms with Crippen LogP contribution in [0, 0.1) is 6.92 Å². The molecule has 1 aromatic carbocycles. The molecule has 112 valence electrons. The quantitative estimate of drug-likeness (QED) is 0.628. The van der Waals surface area contributed by atoms with E-state index in [1.165, 1.54) is 16.7 Å². The second kappa shape index (κ2) is 5.98.